The predicted octanol–water partition coefficient (Wildman–Crippen LogP) is 8.96. The van der Waals surface area contributed by atoms with Crippen LogP contribution in [0.2, 0.25) is 5.02 Å². The monoisotopic (exact) mass is 482 g/mol. The molecule has 0 radical (unpaired) electrons. The summed E-state index contributed by atoms with van der Waals surface area (Å²) in [7, 11) is 0. The van der Waals surface area contributed by atoms with Crippen LogP contribution in [-0.2, 0) is 0 Å². The molecule has 2 aromatic carbocycles. The van der Waals surface area contributed by atoms with E-state index < -0.39 is 0 Å². The van der Waals surface area contributed by atoms with Crippen molar-refractivity contribution in [2.45, 2.75) is 82.9 Å². The van der Waals surface area contributed by atoms with Crippen LogP contribution in [0.1, 0.15) is 78.1 Å². The molecule has 162 valence electrons. The van der Waals surface area contributed by atoms with Crippen LogP contribution in [0.25, 0.3) is 10.8 Å². The fourth-order valence-corrected chi connectivity index (χ4v) is 3.99. The van der Waals surface area contributed by atoms with Crippen LogP contribution >= 0.6 is 27.5 Å². The molecule has 0 saturated carbocycles. The third-order valence-electron chi connectivity index (χ3n) is 5.27. The SMILES string of the molecule is CCCCCCCCOc1ccc2c(Cl)c(OCCCCC(Br)CC)ccc2c1. The highest BCUT2D eigenvalue weighted by atomic mass is 79.9. The number of ether oxygens (including phenoxy) is 2. The van der Waals surface area contributed by atoms with Crippen molar-refractivity contribution in [3.8, 4) is 11.5 Å². The molecular weight excluding hydrogens is 448 g/mol. The van der Waals surface area contributed by atoms with Crippen molar-refractivity contribution in [1.82, 2.24) is 0 Å². The molecule has 1 unspecified atom stereocenters. The van der Waals surface area contributed by atoms with Crippen LogP contribution in [0.15, 0.2) is 30.3 Å². The zero-order valence-corrected chi connectivity index (χ0v) is 20.4. The lowest BCUT2D eigenvalue weighted by Crippen LogP contribution is -2.01. The molecule has 2 nitrogen and oxygen atoms in total. The molecule has 0 N–H and O–H groups in total. The molecule has 2 aromatic rings. The van der Waals surface area contributed by atoms with Crippen molar-refractivity contribution in [3.63, 3.8) is 0 Å². The minimum Gasteiger partial charge on any atom is -0.494 e. The van der Waals surface area contributed by atoms with Gasteiger partial charge in [0, 0.05) is 10.2 Å². The van der Waals surface area contributed by atoms with Crippen LogP contribution in [-0.4, -0.2) is 18.0 Å². The van der Waals surface area contributed by atoms with E-state index in [4.69, 9.17) is 21.1 Å². The first kappa shape index (κ1) is 24.3. The number of hydrogen-bond acceptors (Lipinski definition) is 2. The predicted molar refractivity (Wildman–Crippen MR) is 130 cm³/mol. The van der Waals surface area contributed by atoms with E-state index in [2.05, 4.69) is 41.9 Å². The lowest BCUT2D eigenvalue weighted by atomic mass is 10.1. The van der Waals surface area contributed by atoms with E-state index in [9.17, 15) is 0 Å². The van der Waals surface area contributed by atoms with Crippen molar-refractivity contribution < 1.29 is 9.47 Å². The standard InChI is InChI=1S/C25H36BrClO2/c1-3-5-6-7-8-10-17-28-22-14-15-23-20(19-22)13-16-24(25(23)27)29-18-11-9-12-21(26)4-2/h13-16,19,21H,3-12,17-18H2,1-2H3. The van der Waals surface area contributed by atoms with Gasteiger partial charge in [-0.25, -0.2) is 0 Å². The molecule has 0 aromatic heterocycles. The first-order valence-corrected chi connectivity index (χ1v) is 12.6. The summed E-state index contributed by atoms with van der Waals surface area (Å²) < 4.78 is 11.9. The second kappa shape index (κ2) is 14.1. The molecule has 29 heavy (non-hydrogen) atoms. The maximum absolute atomic E-state index is 6.59. The zero-order chi connectivity index (χ0) is 20.9. The summed E-state index contributed by atoms with van der Waals surface area (Å²) in [5, 5.41) is 2.80. The topological polar surface area (TPSA) is 18.5 Å². The van der Waals surface area contributed by atoms with E-state index in [1.54, 1.807) is 0 Å². The fraction of sp³-hybridized carbons (Fsp3) is 0.600. The molecule has 0 saturated heterocycles. The van der Waals surface area contributed by atoms with Gasteiger partial charge in [-0.2, -0.15) is 0 Å². The molecule has 0 amide bonds. The minimum atomic E-state index is 0.615. The molecule has 0 fully saturated rings. The van der Waals surface area contributed by atoms with Gasteiger partial charge in [-0.15, -0.1) is 0 Å². The van der Waals surface area contributed by atoms with E-state index in [0.717, 1.165) is 48.1 Å². The number of unbranched alkanes of at least 4 members (excludes halogenated alkanes) is 6. The summed E-state index contributed by atoms with van der Waals surface area (Å²) in [4.78, 5) is 0.615. The number of hydrogen-bond donors (Lipinski definition) is 0. The largest absolute Gasteiger partial charge is 0.494 e. The van der Waals surface area contributed by atoms with Gasteiger partial charge in [-0.3, -0.25) is 0 Å². The number of benzene rings is 2. The maximum Gasteiger partial charge on any atom is 0.138 e. The van der Waals surface area contributed by atoms with Crippen LogP contribution in [0.5, 0.6) is 11.5 Å². The molecule has 2 rings (SSSR count). The lowest BCUT2D eigenvalue weighted by Gasteiger charge is -2.12. The number of alkyl halides is 1. The normalized spacial score (nSPS) is 12.3. The Labute approximate surface area is 190 Å². The van der Waals surface area contributed by atoms with Crippen molar-refractivity contribution in [2.24, 2.45) is 0 Å². The molecule has 0 heterocycles. The highest BCUT2D eigenvalue weighted by Gasteiger charge is 2.08. The Bertz CT molecular complexity index is 719. The van der Waals surface area contributed by atoms with Crippen LogP contribution in [0.4, 0.5) is 0 Å². The van der Waals surface area contributed by atoms with Gasteiger partial charge in [-0.05, 0) is 61.8 Å². The molecule has 0 aliphatic carbocycles. The Kier molecular flexibility index (Phi) is 11.9. The van der Waals surface area contributed by atoms with Gasteiger partial charge < -0.3 is 9.47 Å². The van der Waals surface area contributed by atoms with E-state index in [-0.39, 0.29) is 0 Å². The Hall–Kier alpha value is -0.930. The number of fused-ring (bicyclic) bond motifs is 1. The summed E-state index contributed by atoms with van der Waals surface area (Å²) in [5.74, 6) is 1.68. The molecule has 1 atom stereocenters. The fourth-order valence-electron chi connectivity index (χ4n) is 3.38. The lowest BCUT2D eigenvalue weighted by molar-refractivity contribution is 0.304. The van der Waals surface area contributed by atoms with Crippen molar-refractivity contribution in [3.05, 3.63) is 35.4 Å². The summed E-state index contributed by atoms with van der Waals surface area (Å²) in [5.41, 5.74) is 0. The second-order valence-corrected chi connectivity index (χ2v) is 9.40. The van der Waals surface area contributed by atoms with Crippen LogP contribution in [0, 0.1) is 0 Å². The summed E-state index contributed by atoms with van der Waals surface area (Å²) in [6.07, 6.45) is 12.2. The highest BCUT2D eigenvalue weighted by molar-refractivity contribution is 9.09. The van der Waals surface area contributed by atoms with Gasteiger partial charge in [0.2, 0.25) is 0 Å². The van der Waals surface area contributed by atoms with Gasteiger partial charge in [0.05, 0.1) is 18.2 Å². The van der Waals surface area contributed by atoms with E-state index in [1.165, 1.54) is 44.9 Å². The molecule has 4 heteroatoms. The Morgan fingerprint density at radius 2 is 1.59 bits per heavy atom. The van der Waals surface area contributed by atoms with Crippen LogP contribution in [0.3, 0.4) is 0 Å². The Morgan fingerprint density at radius 1 is 0.862 bits per heavy atom. The van der Waals surface area contributed by atoms with E-state index in [0.29, 0.717) is 16.5 Å². The molecule has 0 spiro atoms. The average molecular weight is 484 g/mol. The molecule has 0 aliphatic rings. The van der Waals surface area contributed by atoms with Gasteiger partial charge >= 0.3 is 0 Å². The van der Waals surface area contributed by atoms with Gasteiger partial charge in [0.25, 0.3) is 0 Å². The minimum absolute atomic E-state index is 0.615. The first-order valence-electron chi connectivity index (χ1n) is 11.3. The molecular formula is C25H36BrClO2. The zero-order valence-electron chi connectivity index (χ0n) is 18.0. The van der Waals surface area contributed by atoms with Gasteiger partial charge in [-0.1, -0.05) is 79.5 Å². The average Bonchev–Trinajstić information content (AvgIpc) is 2.74. The summed E-state index contributed by atoms with van der Waals surface area (Å²) >= 11 is 10.3. The number of halogens is 2. The summed E-state index contributed by atoms with van der Waals surface area (Å²) in [6, 6.07) is 10.2. The molecule has 0 aliphatic heterocycles. The highest BCUT2D eigenvalue weighted by Crippen LogP contribution is 2.34. The first-order chi connectivity index (χ1) is 14.2. The van der Waals surface area contributed by atoms with Gasteiger partial charge in [0.15, 0.2) is 0 Å². The van der Waals surface area contributed by atoms with E-state index >= 15 is 0 Å². The third-order valence-corrected chi connectivity index (χ3v) is 6.76. The Morgan fingerprint density at radius 3 is 2.38 bits per heavy atom. The quantitative estimate of drug-likeness (QED) is 0.186. The second-order valence-electron chi connectivity index (χ2n) is 7.73. The maximum atomic E-state index is 6.59. The van der Waals surface area contributed by atoms with Crippen molar-refractivity contribution in [2.75, 3.05) is 13.2 Å². The smallest absolute Gasteiger partial charge is 0.138 e. The van der Waals surface area contributed by atoms with Gasteiger partial charge in [0.1, 0.15) is 11.5 Å². The Balaban J connectivity index is 1.80. The summed E-state index contributed by atoms with van der Waals surface area (Å²) in [6.45, 7) is 5.93. The van der Waals surface area contributed by atoms with Crippen molar-refractivity contribution >= 4 is 38.3 Å². The van der Waals surface area contributed by atoms with E-state index in [1.807, 2.05) is 18.2 Å². The number of rotatable bonds is 15. The molecule has 0 bridgehead atoms. The third kappa shape index (κ3) is 8.76. The van der Waals surface area contributed by atoms with Crippen LogP contribution < -0.4 is 9.47 Å². The van der Waals surface area contributed by atoms with Crippen molar-refractivity contribution in [1.29, 1.82) is 0 Å².